The summed E-state index contributed by atoms with van der Waals surface area (Å²) >= 11 is 0. The summed E-state index contributed by atoms with van der Waals surface area (Å²) in [6, 6.07) is 5.97. The summed E-state index contributed by atoms with van der Waals surface area (Å²) in [6.45, 7) is 6.86. The Hall–Kier alpha value is -1.39. The average Bonchev–Trinajstić information content (AvgIpc) is 2.40. The lowest BCUT2D eigenvalue weighted by Gasteiger charge is -2.36. The predicted molar refractivity (Wildman–Crippen MR) is 72.3 cm³/mol. The number of carbonyl (C=O) groups is 1. The Balaban J connectivity index is 2.01. The Morgan fingerprint density at radius 3 is 2.56 bits per heavy atom. The molecule has 0 atom stereocenters. The third-order valence-corrected chi connectivity index (χ3v) is 3.53. The molecule has 98 valence electrons. The van der Waals surface area contributed by atoms with Crippen LogP contribution in [0.5, 0.6) is 0 Å². The van der Waals surface area contributed by atoms with Crippen LogP contribution in [-0.4, -0.2) is 55.6 Å². The zero-order valence-electron chi connectivity index (χ0n) is 10.8. The molecule has 0 bridgehead atoms. The molecule has 1 aromatic carbocycles. The average molecular weight is 248 g/mol. The molecular formula is C14H20N2O2. The summed E-state index contributed by atoms with van der Waals surface area (Å²) in [4.78, 5) is 15.4. The maximum absolute atomic E-state index is 10.8. The van der Waals surface area contributed by atoms with Crippen molar-refractivity contribution in [3.63, 3.8) is 0 Å². The highest BCUT2D eigenvalue weighted by atomic mass is 16.3. The zero-order chi connectivity index (χ0) is 13.0. The Labute approximate surface area is 108 Å². The molecule has 0 unspecified atom stereocenters. The van der Waals surface area contributed by atoms with E-state index in [-0.39, 0.29) is 6.61 Å². The van der Waals surface area contributed by atoms with Gasteiger partial charge in [0.1, 0.15) is 6.29 Å². The first kappa shape index (κ1) is 13.1. The fraction of sp³-hybridized carbons (Fsp3) is 0.500. The van der Waals surface area contributed by atoms with E-state index < -0.39 is 0 Å². The Kier molecular flexibility index (Phi) is 4.33. The molecule has 0 spiro atoms. The summed E-state index contributed by atoms with van der Waals surface area (Å²) in [5, 5.41) is 8.91. The number of carbonyl (C=O) groups excluding carboxylic acids is 1. The monoisotopic (exact) mass is 248 g/mol. The van der Waals surface area contributed by atoms with E-state index in [1.165, 1.54) is 5.69 Å². The van der Waals surface area contributed by atoms with E-state index in [9.17, 15) is 4.79 Å². The second-order valence-electron chi connectivity index (χ2n) is 4.71. The van der Waals surface area contributed by atoms with Gasteiger partial charge in [0.25, 0.3) is 0 Å². The van der Waals surface area contributed by atoms with E-state index in [4.69, 9.17) is 5.11 Å². The molecule has 1 aliphatic rings. The van der Waals surface area contributed by atoms with Crippen LogP contribution in [0.15, 0.2) is 18.2 Å². The molecule has 1 aliphatic heterocycles. The number of rotatable bonds is 4. The summed E-state index contributed by atoms with van der Waals surface area (Å²) in [5.41, 5.74) is 2.97. The summed E-state index contributed by atoms with van der Waals surface area (Å²) in [7, 11) is 0. The first-order valence-electron chi connectivity index (χ1n) is 6.38. The van der Waals surface area contributed by atoms with E-state index in [0.29, 0.717) is 0 Å². The molecule has 0 aromatic heterocycles. The van der Waals surface area contributed by atoms with Gasteiger partial charge in [0.15, 0.2) is 0 Å². The van der Waals surface area contributed by atoms with Crippen LogP contribution in [-0.2, 0) is 0 Å². The topological polar surface area (TPSA) is 43.8 Å². The normalized spacial score (nSPS) is 16.9. The van der Waals surface area contributed by atoms with Crippen LogP contribution in [0.3, 0.4) is 0 Å². The van der Waals surface area contributed by atoms with Crippen molar-refractivity contribution in [1.29, 1.82) is 0 Å². The lowest BCUT2D eigenvalue weighted by atomic mass is 10.1. The molecule has 0 radical (unpaired) electrons. The Morgan fingerprint density at radius 2 is 2.00 bits per heavy atom. The molecule has 0 amide bonds. The van der Waals surface area contributed by atoms with Crippen molar-refractivity contribution in [3.8, 4) is 0 Å². The summed E-state index contributed by atoms with van der Waals surface area (Å²) < 4.78 is 0. The smallest absolute Gasteiger partial charge is 0.150 e. The van der Waals surface area contributed by atoms with Crippen LogP contribution in [0.2, 0.25) is 0 Å². The fourth-order valence-electron chi connectivity index (χ4n) is 2.36. The van der Waals surface area contributed by atoms with E-state index in [0.717, 1.165) is 50.1 Å². The van der Waals surface area contributed by atoms with Crippen LogP contribution in [0, 0.1) is 6.92 Å². The molecule has 1 heterocycles. The Bertz CT molecular complexity index is 412. The number of nitrogens with zero attached hydrogens (tertiary/aromatic N) is 2. The van der Waals surface area contributed by atoms with Gasteiger partial charge in [-0.1, -0.05) is 0 Å². The van der Waals surface area contributed by atoms with E-state index >= 15 is 0 Å². The van der Waals surface area contributed by atoms with Gasteiger partial charge >= 0.3 is 0 Å². The predicted octanol–water partition coefficient (Wildman–Crippen LogP) is 0.922. The first-order valence-corrected chi connectivity index (χ1v) is 6.38. The van der Waals surface area contributed by atoms with Crippen LogP contribution >= 0.6 is 0 Å². The van der Waals surface area contributed by atoms with Gasteiger partial charge in [-0.3, -0.25) is 9.69 Å². The van der Waals surface area contributed by atoms with Gasteiger partial charge in [-0.05, 0) is 30.7 Å². The molecule has 4 heteroatoms. The molecule has 1 saturated heterocycles. The number of aldehydes is 1. The van der Waals surface area contributed by atoms with Crippen molar-refractivity contribution in [2.24, 2.45) is 0 Å². The van der Waals surface area contributed by atoms with Gasteiger partial charge in [-0.15, -0.1) is 0 Å². The zero-order valence-corrected chi connectivity index (χ0v) is 10.8. The van der Waals surface area contributed by atoms with Gasteiger partial charge in [0.05, 0.1) is 6.61 Å². The lowest BCUT2D eigenvalue weighted by Crippen LogP contribution is -2.47. The molecule has 1 fully saturated rings. The number of hydrogen-bond donors (Lipinski definition) is 1. The molecule has 2 rings (SSSR count). The highest BCUT2D eigenvalue weighted by molar-refractivity contribution is 5.78. The second-order valence-corrected chi connectivity index (χ2v) is 4.71. The molecule has 0 saturated carbocycles. The molecule has 0 aliphatic carbocycles. The van der Waals surface area contributed by atoms with Gasteiger partial charge in [0, 0.05) is 44.0 Å². The van der Waals surface area contributed by atoms with Crippen molar-refractivity contribution < 1.29 is 9.90 Å². The van der Waals surface area contributed by atoms with Crippen LogP contribution in [0.25, 0.3) is 0 Å². The van der Waals surface area contributed by atoms with Crippen molar-refractivity contribution >= 4 is 12.0 Å². The Morgan fingerprint density at radius 1 is 1.28 bits per heavy atom. The van der Waals surface area contributed by atoms with E-state index in [2.05, 4.69) is 15.9 Å². The number of aryl methyl sites for hydroxylation is 1. The summed E-state index contributed by atoms with van der Waals surface area (Å²) in [5.74, 6) is 0. The minimum absolute atomic E-state index is 0.229. The number of anilines is 1. The third kappa shape index (κ3) is 2.89. The van der Waals surface area contributed by atoms with E-state index in [1.54, 1.807) is 0 Å². The number of aliphatic hydroxyl groups is 1. The van der Waals surface area contributed by atoms with Gasteiger partial charge in [0.2, 0.25) is 0 Å². The van der Waals surface area contributed by atoms with Crippen LogP contribution in [0.1, 0.15) is 15.9 Å². The number of benzene rings is 1. The largest absolute Gasteiger partial charge is 0.395 e. The SMILES string of the molecule is Cc1cc(N2CCN(CCO)CC2)ccc1C=O. The molecule has 4 nitrogen and oxygen atoms in total. The molecular weight excluding hydrogens is 228 g/mol. The van der Waals surface area contributed by atoms with Crippen molar-refractivity contribution in [2.75, 3.05) is 44.2 Å². The number of piperazine rings is 1. The highest BCUT2D eigenvalue weighted by Gasteiger charge is 2.16. The van der Waals surface area contributed by atoms with Crippen LogP contribution < -0.4 is 4.90 Å². The number of hydrogen-bond acceptors (Lipinski definition) is 4. The van der Waals surface area contributed by atoms with Crippen LogP contribution in [0.4, 0.5) is 5.69 Å². The second kappa shape index (κ2) is 5.98. The third-order valence-electron chi connectivity index (χ3n) is 3.53. The lowest BCUT2D eigenvalue weighted by molar-refractivity contribution is 0.112. The van der Waals surface area contributed by atoms with Gasteiger partial charge in [-0.25, -0.2) is 0 Å². The maximum atomic E-state index is 10.8. The molecule has 1 aromatic rings. The maximum Gasteiger partial charge on any atom is 0.150 e. The first-order chi connectivity index (χ1) is 8.74. The van der Waals surface area contributed by atoms with Gasteiger partial charge < -0.3 is 10.0 Å². The van der Waals surface area contributed by atoms with Gasteiger partial charge in [-0.2, -0.15) is 0 Å². The van der Waals surface area contributed by atoms with Crippen molar-refractivity contribution in [2.45, 2.75) is 6.92 Å². The highest BCUT2D eigenvalue weighted by Crippen LogP contribution is 2.19. The molecule has 18 heavy (non-hydrogen) atoms. The minimum atomic E-state index is 0.229. The minimum Gasteiger partial charge on any atom is -0.395 e. The van der Waals surface area contributed by atoms with Crippen molar-refractivity contribution in [3.05, 3.63) is 29.3 Å². The quantitative estimate of drug-likeness (QED) is 0.805. The standard InChI is InChI=1S/C14H20N2O2/c1-12-10-14(3-2-13(12)11-18)16-6-4-15(5-7-16)8-9-17/h2-3,10-11,17H,4-9H2,1H3. The number of aliphatic hydroxyl groups excluding tert-OH is 1. The molecule has 1 N–H and O–H groups in total. The van der Waals surface area contributed by atoms with Crippen molar-refractivity contribution in [1.82, 2.24) is 4.90 Å². The van der Waals surface area contributed by atoms with E-state index in [1.807, 2.05) is 19.1 Å². The number of β-amino-alcohol motifs (C(OH)–C–C–N with tert-alkyl or cyclic N) is 1. The summed E-state index contributed by atoms with van der Waals surface area (Å²) in [6.07, 6.45) is 0.901. The fourth-order valence-corrected chi connectivity index (χ4v) is 2.36.